The van der Waals surface area contributed by atoms with Gasteiger partial charge in [-0.3, -0.25) is 4.79 Å². The quantitative estimate of drug-likeness (QED) is 0.884. The van der Waals surface area contributed by atoms with Gasteiger partial charge in [0, 0.05) is 16.3 Å². The molecule has 0 saturated heterocycles. The number of nitrogens with zero attached hydrogens (tertiary/aromatic N) is 1. The monoisotopic (exact) mass is 328 g/mol. The highest BCUT2D eigenvalue weighted by molar-refractivity contribution is 6.30. The molecule has 0 spiro atoms. The molecule has 2 atom stereocenters. The fourth-order valence-electron chi connectivity index (χ4n) is 2.26. The lowest BCUT2D eigenvalue weighted by Crippen LogP contribution is -3.12. The van der Waals surface area contributed by atoms with E-state index in [9.17, 15) is 4.79 Å². The lowest BCUT2D eigenvalue weighted by molar-refractivity contribution is -0.907. The van der Waals surface area contributed by atoms with Crippen molar-refractivity contribution >= 4 is 23.2 Å². The SMILES string of the molecule is C[C@H](C(=O)Nc1cccc(C#N)c1)[NH+](C)Cc1cccc(Cl)c1. The van der Waals surface area contributed by atoms with Crippen molar-refractivity contribution in [2.45, 2.75) is 19.5 Å². The molecular formula is C18H19ClN3O+. The van der Waals surface area contributed by atoms with Crippen molar-refractivity contribution in [3.63, 3.8) is 0 Å². The van der Waals surface area contributed by atoms with Crippen LogP contribution in [0.15, 0.2) is 48.5 Å². The van der Waals surface area contributed by atoms with Gasteiger partial charge in [0.25, 0.3) is 5.91 Å². The number of halogens is 1. The zero-order valence-electron chi connectivity index (χ0n) is 13.1. The molecule has 0 radical (unpaired) electrons. The summed E-state index contributed by atoms with van der Waals surface area (Å²) in [6.45, 7) is 2.58. The Labute approximate surface area is 141 Å². The number of carbonyl (C=O) groups excluding carboxylic acids is 1. The van der Waals surface area contributed by atoms with Crippen molar-refractivity contribution in [1.82, 2.24) is 0 Å². The molecule has 5 heteroatoms. The highest BCUT2D eigenvalue weighted by atomic mass is 35.5. The van der Waals surface area contributed by atoms with Gasteiger partial charge >= 0.3 is 0 Å². The normalized spacial score (nSPS) is 13.0. The molecule has 2 N–H and O–H groups in total. The third kappa shape index (κ3) is 4.82. The largest absolute Gasteiger partial charge is 0.324 e. The van der Waals surface area contributed by atoms with Gasteiger partial charge in [-0.15, -0.1) is 0 Å². The van der Waals surface area contributed by atoms with Gasteiger partial charge in [-0.25, -0.2) is 0 Å². The van der Waals surface area contributed by atoms with Crippen LogP contribution in [0.25, 0.3) is 0 Å². The van der Waals surface area contributed by atoms with E-state index in [4.69, 9.17) is 16.9 Å². The summed E-state index contributed by atoms with van der Waals surface area (Å²) in [5.74, 6) is -0.0837. The zero-order chi connectivity index (χ0) is 16.8. The second-order valence-corrected chi connectivity index (χ2v) is 5.99. The van der Waals surface area contributed by atoms with Gasteiger partial charge in [0.1, 0.15) is 6.54 Å². The van der Waals surface area contributed by atoms with E-state index in [-0.39, 0.29) is 11.9 Å². The number of likely N-dealkylation sites (N-methyl/N-ethyl adjacent to an activating group) is 1. The van der Waals surface area contributed by atoms with Crippen LogP contribution in [0.5, 0.6) is 0 Å². The van der Waals surface area contributed by atoms with Gasteiger partial charge in [-0.2, -0.15) is 5.26 Å². The number of benzene rings is 2. The first-order valence-electron chi connectivity index (χ1n) is 7.37. The van der Waals surface area contributed by atoms with E-state index >= 15 is 0 Å². The molecule has 0 aliphatic carbocycles. The van der Waals surface area contributed by atoms with Gasteiger partial charge in [0.2, 0.25) is 0 Å². The van der Waals surface area contributed by atoms with Crippen LogP contribution in [-0.4, -0.2) is 19.0 Å². The molecule has 23 heavy (non-hydrogen) atoms. The Hall–Kier alpha value is -2.35. The van der Waals surface area contributed by atoms with Gasteiger partial charge in [0.15, 0.2) is 6.04 Å². The Morgan fingerprint density at radius 3 is 2.74 bits per heavy atom. The molecule has 118 valence electrons. The molecule has 1 unspecified atom stereocenters. The van der Waals surface area contributed by atoms with E-state index in [0.717, 1.165) is 10.5 Å². The van der Waals surface area contributed by atoms with E-state index in [0.29, 0.717) is 22.8 Å². The van der Waals surface area contributed by atoms with Crippen LogP contribution in [0.3, 0.4) is 0 Å². The number of hydrogen-bond acceptors (Lipinski definition) is 2. The maximum atomic E-state index is 12.4. The van der Waals surface area contributed by atoms with Crippen molar-refractivity contribution in [1.29, 1.82) is 5.26 Å². The van der Waals surface area contributed by atoms with Crippen molar-refractivity contribution in [3.8, 4) is 6.07 Å². The summed E-state index contributed by atoms with van der Waals surface area (Å²) in [5, 5.41) is 12.5. The first-order chi connectivity index (χ1) is 11.0. The molecule has 2 rings (SSSR count). The average molecular weight is 329 g/mol. The fourth-order valence-corrected chi connectivity index (χ4v) is 2.48. The predicted octanol–water partition coefficient (Wildman–Crippen LogP) is 2.25. The molecule has 1 amide bonds. The fraction of sp³-hybridized carbons (Fsp3) is 0.222. The molecule has 4 nitrogen and oxygen atoms in total. The third-order valence-corrected chi connectivity index (χ3v) is 4.00. The Morgan fingerprint density at radius 1 is 1.30 bits per heavy atom. The van der Waals surface area contributed by atoms with E-state index < -0.39 is 0 Å². The molecular weight excluding hydrogens is 310 g/mol. The van der Waals surface area contributed by atoms with Crippen LogP contribution in [0.4, 0.5) is 5.69 Å². The summed E-state index contributed by atoms with van der Waals surface area (Å²) >= 11 is 5.99. The minimum atomic E-state index is -0.236. The van der Waals surface area contributed by atoms with Crippen LogP contribution in [0.1, 0.15) is 18.1 Å². The van der Waals surface area contributed by atoms with Crippen LogP contribution in [0, 0.1) is 11.3 Å². The second-order valence-electron chi connectivity index (χ2n) is 5.56. The molecule has 2 aromatic carbocycles. The van der Waals surface area contributed by atoms with Crippen molar-refractivity contribution in [2.75, 3.05) is 12.4 Å². The lowest BCUT2D eigenvalue weighted by Gasteiger charge is -2.21. The highest BCUT2D eigenvalue weighted by Crippen LogP contribution is 2.11. The summed E-state index contributed by atoms with van der Waals surface area (Å²) in [5.41, 5.74) is 2.24. The Balaban J connectivity index is 1.99. The maximum Gasteiger partial charge on any atom is 0.282 e. The van der Waals surface area contributed by atoms with E-state index in [1.54, 1.807) is 24.3 Å². The van der Waals surface area contributed by atoms with E-state index in [1.165, 1.54) is 0 Å². The molecule has 0 aromatic heterocycles. The summed E-state index contributed by atoms with van der Waals surface area (Å²) in [4.78, 5) is 13.4. The molecule has 0 fully saturated rings. The summed E-state index contributed by atoms with van der Waals surface area (Å²) in [6.07, 6.45) is 0. The van der Waals surface area contributed by atoms with Crippen LogP contribution in [0.2, 0.25) is 5.02 Å². The van der Waals surface area contributed by atoms with Gasteiger partial charge in [-0.05, 0) is 37.3 Å². The Kier molecular flexibility index (Phi) is 5.75. The van der Waals surface area contributed by atoms with Gasteiger partial charge in [0.05, 0.1) is 18.7 Å². The number of carbonyl (C=O) groups is 1. The number of amides is 1. The van der Waals surface area contributed by atoms with Crippen molar-refractivity contribution < 1.29 is 9.69 Å². The lowest BCUT2D eigenvalue weighted by atomic mass is 10.1. The number of quaternary nitrogens is 1. The molecule has 2 aromatic rings. The smallest absolute Gasteiger partial charge is 0.282 e. The first kappa shape index (κ1) is 17.0. The Morgan fingerprint density at radius 2 is 2.04 bits per heavy atom. The summed E-state index contributed by atoms with van der Waals surface area (Å²) in [6, 6.07) is 16.4. The van der Waals surface area contributed by atoms with Crippen LogP contribution in [-0.2, 0) is 11.3 Å². The van der Waals surface area contributed by atoms with E-state index in [1.807, 2.05) is 38.2 Å². The topological polar surface area (TPSA) is 57.3 Å². The number of rotatable bonds is 5. The Bertz CT molecular complexity index is 739. The standard InChI is InChI=1S/C18H18ClN3O/c1-13(22(2)12-15-6-3-7-16(19)9-15)18(23)21-17-8-4-5-14(10-17)11-20/h3-10,13H,12H2,1-2H3,(H,21,23)/p+1/t13-/m1/s1. The molecule has 0 bridgehead atoms. The molecule has 0 saturated carbocycles. The predicted molar refractivity (Wildman–Crippen MR) is 91.3 cm³/mol. The average Bonchev–Trinajstić information content (AvgIpc) is 2.54. The minimum absolute atomic E-state index is 0.0837. The number of anilines is 1. The van der Waals surface area contributed by atoms with Crippen LogP contribution < -0.4 is 10.2 Å². The molecule has 0 heterocycles. The summed E-state index contributed by atoms with van der Waals surface area (Å²) in [7, 11) is 1.97. The zero-order valence-corrected chi connectivity index (χ0v) is 13.9. The van der Waals surface area contributed by atoms with E-state index in [2.05, 4.69) is 11.4 Å². The van der Waals surface area contributed by atoms with Crippen molar-refractivity contribution in [3.05, 3.63) is 64.7 Å². The maximum absolute atomic E-state index is 12.4. The second kappa shape index (κ2) is 7.77. The first-order valence-corrected chi connectivity index (χ1v) is 7.75. The third-order valence-electron chi connectivity index (χ3n) is 3.76. The minimum Gasteiger partial charge on any atom is -0.324 e. The molecule has 0 aliphatic heterocycles. The van der Waals surface area contributed by atoms with Crippen molar-refractivity contribution in [2.24, 2.45) is 0 Å². The van der Waals surface area contributed by atoms with Gasteiger partial charge in [-0.1, -0.05) is 29.8 Å². The number of hydrogen-bond donors (Lipinski definition) is 2. The number of nitrogens with one attached hydrogen (secondary N) is 2. The van der Waals surface area contributed by atoms with Crippen LogP contribution >= 0.6 is 11.6 Å². The van der Waals surface area contributed by atoms with Gasteiger partial charge < -0.3 is 10.2 Å². The highest BCUT2D eigenvalue weighted by Gasteiger charge is 2.22. The summed E-state index contributed by atoms with van der Waals surface area (Å²) < 4.78 is 0. The molecule has 0 aliphatic rings. The number of nitriles is 1.